The van der Waals surface area contributed by atoms with Crippen LogP contribution in [-0.4, -0.2) is 40.4 Å². The fraction of sp³-hybridized carbons (Fsp3) is 0.857. The van der Waals surface area contributed by atoms with Gasteiger partial charge < -0.3 is 9.47 Å². The summed E-state index contributed by atoms with van der Waals surface area (Å²) in [5.41, 5.74) is -1.04. The highest BCUT2D eigenvalue weighted by atomic mass is 127. The zero-order valence-corrected chi connectivity index (χ0v) is 16.1. The number of ether oxygens (including phenoxy) is 2. The molecule has 0 aliphatic rings. The Morgan fingerprint density at radius 3 is 1.76 bits per heavy atom. The van der Waals surface area contributed by atoms with Gasteiger partial charge in [0, 0.05) is 3.42 Å². The van der Waals surface area contributed by atoms with Crippen LogP contribution in [0.15, 0.2) is 0 Å². The lowest BCUT2D eigenvalue weighted by molar-refractivity contribution is -0.313. The van der Waals surface area contributed by atoms with E-state index in [0.717, 1.165) is 0 Å². The van der Waals surface area contributed by atoms with Crippen LogP contribution in [0.2, 0.25) is 0 Å². The van der Waals surface area contributed by atoms with E-state index in [4.69, 9.17) is 0 Å². The molecule has 0 aliphatic heterocycles. The molecular formula is C14H19F6IO4. The van der Waals surface area contributed by atoms with Crippen molar-refractivity contribution in [3.63, 3.8) is 0 Å². The van der Waals surface area contributed by atoms with Crippen molar-refractivity contribution in [3.05, 3.63) is 0 Å². The topological polar surface area (TPSA) is 52.6 Å². The van der Waals surface area contributed by atoms with E-state index in [1.54, 1.807) is 6.92 Å². The van der Waals surface area contributed by atoms with E-state index in [1.165, 1.54) is 6.92 Å². The number of carbonyl (C=O) groups is 2. The van der Waals surface area contributed by atoms with Gasteiger partial charge in [-0.05, 0) is 19.8 Å². The molecule has 0 N–H and O–H groups in total. The highest BCUT2D eigenvalue weighted by Crippen LogP contribution is 2.38. The Morgan fingerprint density at radius 1 is 1.00 bits per heavy atom. The number of hydrogen-bond donors (Lipinski definition) is 0. The molecule has 0 amide bonds. The summed E-state index contributed by atoms with van der Waals surface area (Å²) in [4.78, 5) is 23.3. The molecule has 0 aliphatic carbocycles. The van der Waals surface area contributed by atoms with Crippen LogP contribution in [0.25, 0.3) is 0 Å². The van der Waals surface area contributed by atoms with Crippen LogP contribution in [0.3, 0.4) is 0 Å². The summed E-state index contributed by atoms with van der Waals surface area (Å²) < 4.78 is 81.5. The van der Waals surface area contributed by atoms with Gasteiger partial charge in [0.1, 0.15) is 0 Å². The van der Waals surface area contributed by atoms with Crippen molar-refractivity contribution in [2.75, 3.05) is 6.61 Å². The summed E-state index contributed by atoms with van der Waals surface area (Å²) in [6.07, 6.45) is -15.3. The number of carbonyl (C=O) groups excluding carboxylic acids is 2. The fourth-order valence-corrected chi connectivity index (χ4v) is 2.89. The Hall–Kier alpha value is -0.750. The molecule has 0 aromatic heterocycles. The molecule has 0 heterocycles. The van der Waals surface area contributed by atoms with Gasteiger partial charge >= 0.3 is 24.3 Å². The maximum atomic E-state index is 12.3. The van der Waals surface area contributed by atoms with Crippen molar-refractivity contribution in [1.29, 1.82) is 0 Å². The van der Waals surface area contributed by atoms with E-state index < -0.39 is 42.4 Å². The minimum atomic E-state index is -5.82. The molecule has 148 valence electrons. The number of esters is 2. The van der Waals surface area contributed by atoms with Crippen molar-refractivity contribution in [2.45, 2.75) is 62.4 Å². The maximum Gasteiger partial charge on any atom is 0.434 e. The average molecular weight is 492 g/mol. The van der Waals surface area contributed by atoms with Crippen molar-refractivity contribution in [1.82, 2.24) is 0 Å². The van der Waals surface area contributed by atoms with E-state index in [0.29, 0.717) is 12.8 Å². The van der Waals surface area contributed by atoms with Crippen molar-refractivity contribution < 1.29 is 45.4 Å². The zero-order valence-electron chi connectivity index (χ0n) is 14.0. The Kier molecular flexibility index (Phi) is 8.05. The summed E-state index contributed by atoms with van der Waals surface area (Å²) >= 11 is 2.08. The third kappa shape index (κ3) is 8.45. The minimum absolute atomic E-state index is 0.307. The van der Waals surface area contributed by atoms with Crippen LogP contribution >= 0.6 is 22.6 Å². The summed E-state index contributed by atoms with van der Waals surface area (Å²) in [5, 5.41) is 0. The Morgan fingerprint density at radius 2 is 1.44 bits per heavy atom. The molecular weight excluding hydrogens is 473 g/mol. The maximum absolute atomic E-state index is 12.3. The van der Waals surface area contributed by atoms with Crippen molar-refractivity contribution in [2.24, 2.45) is 5.41 Å². The molecule has 0 spiro atoms. The summed E-state index contributed by atoms with van der Waals surface area (Å²) in [5.74, 6) is -2.83. The minimum Gasteiger partial charge on any atom is -0.453 e. The van der Waals surface area contributed by atoms with Crippen molar-refractivity contribution >= 4 is 34.5 Å². The highest BCUT2D eigenvalue weighted by molar-refractivity contribution is 14.1. The van der Waals surface area contributed by atoms with Gasteiger partial charge in [-0.25, -0.2) is 4.79 Å². The predicted octanol–water partition coefficient (Wildman–Crippen LogP) is 4.59. The molecule has 1 atom stereocenters. The summed E-state index contributed by atoms with van der Waals surface area (Å²) in [7, 11) is 0. The number of hydrogen-bond acceptors (Lipinski definition) is 4. The predicted molar refractivity (Wildman–Crippen MR) is 84.1 cm³/mol. The monoisotopic (exact) mass is 492 g/mol. The second-order valence-corrected chi connectivity index (χ2v) is 9.26. The molecule has 1 unspecified atom stereocenters. The first-order valence-corrected chi connectivity index (χ1v) is 8.19. The van der Waals surface area contributed by atoms with Crippen LogP contribution in [0, 0.1) is 5.41 Å². The third-order valence-electron chi connectivity index (χ3n) is 3.25. The van der Waals surface area contributed by atoms with Crippen LogP contribution < -0.4 is 0 Å². The Bertz CT molecular complexity index is 469. The van der Waals surface area contributed by atoms with Gasteiger partial charge in [-0.3, -0.25) is 4.79 Å². The van der Waals surface area contributed by atoms with Gasteiger partial charge in [0.15, 0.2) is 6.61 Å². The van der Waals surface area contributed by atoms with Gasteiger partial charge in [0.2, 0.25) is 0 Å². The quantitative estimate of drug-likeness (QED) is 0.226. The Labute approximate surface area is 154 Å². The first kappa shape index (κ1) is 24.2. The van der Waals surface area contributed by atoms with Crippen LogP contribution in [0.5, 0.6) is 0 Å². The average Bonchev–Trinajstić information content (AvgIpc) is 2.37. The van der Waals surface area contributed by atoms with E-state index in [9.17, 15) is 35.9 Å². The zero-order chi connectivity index (χ0) is 20.3. The third-order valence-corrected chi connectivity index (χ3v) is 3.63. The van der Waals surface area contributed by atoms with Crippen LogP contribution in [-0.2, 0) is 19.1 Å². The molecule has 0 rings (SSSR count). The number of alkyl halides is 7. The molecule has 0 bridgehead atoms. The van der Waals surface area contributed by atoms with Gasteiger partial charge in [-0.15, -0.1) is 0 Å². The lowest BCUT2D eigenvalue weighted by Crippen LogP contribution is -2.46. The van der Waals surface area contributed by atoms with Crippen LogP contribution in [0.1, 0.15) is 40.5 Å². The second kappa shape index (κ2) is 8.30. The van der Waals surface area contributed by atoms with Crippen LogP contribution in [0.4, 0.5) is 26.3 Å². The smallest absolute Gasteiger partial charge is 0.434 e. The standard InChI is InChI=1S/C14H19F6IO4/c1-5-12(4,7-11(2,3)21)10(23)24-6-8(22)25-9(13(15,16)17)14(18,19)20/h9H,5-7H2,1-4H3. The van der Waals surface area contributed by atoms with Gasteiger partial charge in [0.25, 0.3) is 6.10 Å². The number of rotatable bonds is 7. The second-order valence-electron chi connectivity index (χ2n) is 6.34. The first-order chi connectivity index (χ1) is 10.9. The molecule has 25 heavy (non-hydrogen) atoms. The molecule has 0 aromatic rings. The molecule has 0 radical (unpaired) electrons. The first-order valence-electron chi connectivity index (χ1n) is 7.11. The molecule has 0 saturated carbocycles. The van der Waals surface area contributed by atoms with E-state index in [1.807, 2.05) is 13.8 Å². The molecule has 4 nitrogen and oxygen atoms in total. The van der Waals surface area contributed by atoms with Gasteiger partial charge in [-0.2, -0.15) is 26.3 Å². The van der Waals surface area contributed by atoms with E-state index in [2.05, 4.69) is 32.1 Å². The molecule has 0 saturated heterocycles. The molecule has 0 fully saturated rings. The molecule has 0 aromatic carbocycles. The Balaban J connectivity index is 4.90. The molecule has 11 heteroatoms. The normalized spacial score (nSPS) is 15.7. The fourth-order valence-electron chi connectivity index (χ4n) is 2.05. The SMILES string of the molecule is CCC(C)(CC(C)(C)I)C(=O)OCC(=O)OC(C(F)(F)F)C(F)(F)F. The van der Waals surface area contributed by atoms with Gasteiger partial charge in [0.05, 0.1) is 5.41 Å². The lowest BCUT2D eigenvalue weighted by atomic mass is 9.80. The number of halogens is 7. The summed E-state index contributed by atoms with van der Waals surface area (Å²) in [6.45, 7) is 5.54. The lowest BCUT2D eigenvalue weighted by Gasteiger charge is -2.31. The summed E-state index contributed by atoms with van der Waals surface area (Å²) in [6, 6.07) is 0. The largest absolute Gasteiger partial charge is 0.453 e. The highest BCUT2D eigenvalue weighted by Gasteiger charge is 2.60. The van der Waals surface area contributed by atoms with Crippen molar-refractivity contribution in [3.8, 4) is 0 Å². The van der Waals surface area contributed by atoms with E-state index in [-0.39, 0.29) is 3.42 Å². The van der Waals surface area contributed by atoms with Gasteiger partial charge in [-0.1, -0.05) is 43.4 Å². The van der Waals surface area contributed by atoms with E-state index >= 15 is 0 Å².